The van der Waals surface area contributed by atoms with Gasteiger partial charge in [-0.15, -0.1) is 0 Å². The average Bonchev–Trinajstić information content (AvgIpc) is 3.03. The summed E-state index contributed by atoms with van der Waals surface area (Å²) in [5.74, 6) is -0.836. The van der Waals surface area contributed by atoms with E-state index >= 15 is 0 Å². The molecule has 2 N–H and O–H groups in total. The van der Waals surface area contributed by atoms with E-state index in [1.54, 1.807) is 7.11 Å². The SMILES string of the molecule is COCCn1c(C)cc2cc(NC3=CC(=O)N(CCO)C3=O)ccc21. The standard InChI is InChI=1S/C18H21N3O4/c1-12-9-13-10-14(3-4-16(13)20(12)6-8-25-2)19-15-11-17(23)21(5-7-22)18(15)24/h3-4,9-11,19,22H,5-8H2,1-2H3. The Labute approximate surface area is 145 Å². The summed E-state index contributed by atoms with van der Waals surface area (Å²) in [7, 11) is 1.68. The van der Waals surface area contributed by atoms with E-state index in [0.29, 0.717) is 6.61 Å². The lowest BCUT2D eigenvalue weighted by atomic mass is 10.2. The number of benzene rings is 1. The summed E-state index contributed by atoms with van der Waals surface area (Å²) in [6, 6.07) is 7.87. The Morgan fingerprint density at radius 1 is 1.20 bits per heavy atom. The molecule has 0 fully saturated rings. The molecule has 2 amide bonds. The second kappa shape index (κ2) is 7.08. The number of amides is 2. The summed E-state index contributed by atoms with van der Waals surface area (Å²) in [4.78, 5) is 25.0. The summed E-state index contributed by atoms with van der Waals surface area (Å²) >= 11 is 0. The van der Waals surface area contributed by atoms with Gasteiger partial charge < -0.3 is 19.7 Å². The number of nitrogens with one attached hydrogen (secondary N) is 1. The number of anilines is 1. The number of methoxy groups -OCH3 is 1. The van der Waals surface area contributed by atoms with Gasteiger partial charge in [0.05, 0.1) is 19.8 Å². The molecule has 0 bridgehead atoms. The highest BCUT2D eigenvalue weighted by atomic mass is 16.5. The molecule has 0 saturated carbocycles. The Bertz CT molecular complexity index is 853. The van der Waals surface area contributed by atoms with E-state index in [1.165, 1.54) is 6.08 Å². The number of hydrogen-bond acceptors (Lipinski definition) is 5. The fourth-order valence-electron chi connectivity index (χ4n) is 3.03. The highest BCUT2D eigenvalue weighted by Gasteiger charge is 2.30. The summed E-state index contributed by atoms with van der Waals surface area (Å²) in [5.41, 5.74) is 3.16. The van der Waals surface area contributed by atoms with Gasteiger partial charge >= 0.3 is 0 Å². The van der Waals surface area contributed by atoms with Crippen molar-refractivity contribution in [2.75, 3.05) is 32.2 Å². The van der Waals surface area contributed by atoms with Crippen molar-refractivity contribution in [3.63, 3.8) is 0 Å². The van der Waals surface area contributed by atoms with Gasteiger partial charge in [0.2, 0.25) is 0 Å². The molecule has 1 aromatic heterocycles. The van der Waals surface area contributed by atoms with Gasteiger partial charge in [-0.2, -0.15) is 0 Å². The molecule has 0 aliphatic carbocycles. The molecule has 1 aliphatic heterocycles. The number of aromatic nitrogens is 1. The second-order valence-electron chi connectivity index (χ2n) is 5.91. The van der Waals surface area contributed by atoms with Crippen molar-refractivity contribution in [3.8, 4) is 0 Å². The normalized spacial score (nSPS) is 14.5. The van der Waals surface area contributed by atoms with Gasteiger partial charge in [0.1, 0.15) is 5.70 Å². The van der Waals surface area contributed by atoms with Crippen molar-refractivity contribution in [1.29, 1.82) is 0 Å². The van der Waals surface area contributed by atoms with Gasteiger partial charge in [-0.25, -0.2) is 0 Å². The van der Waals surface area contributed by atoms with E-state index in [4.69, 9.17) is 9.84 Å². The van der Waals surface area contributed by atoms with E-state index in [1.807, 2.05) is 25.1 Å². The number of carbonyl (C=O) groups excluding carboxylic acids is 2. The second-order valence-corrected chi connectivity index (χ2v) is 5.91. The van der Waals surface area contributed by atoms with Crippen molar-refractivity contribution < 1.29 is 19.4 Å². The summed E-state index contributed by atoms with van der Waals surface area (Å²) in [6.07, 6.45) is 1.26. The van der Waals surface area contributed by atoms with Crippen LogP contribution < -0.4 is 5.32 Å². The maximum Gasteiger partial charge on any atom is 0.277 e. The Morgan fingerprint density at radius 3 is 2.72 bits per heavy atom. The van der Waals surface area contributed by atoms with Crippen LogP contribution in [0.3, 0.4) is 0 Å². The number of β-amino-alcohol motifs (C(OH)–C–C–N with tert-alkyl or cyclic N) is 1. The monoisotopic (exact) mass is 343 g/mol. The van der Waals surface area contributed by atoms with E-state index in [2.05, 4.69) is 16.0 Å². The molecule has 0 saturated heterocycles. The maximum atomic E-state index is 12.2. The molecule has 25 heavy (non-hydrogen) atoms. The van der Waals surface area contributed by atoms with E-state index in [0.717, 1.165) is 33.7 Å². The van der Waals surface area contributed by atoms with Crippen LogP contribution in [-0.2, 0) is 20.9 Å². The zero-order valence-corrected chi connectivity index (χ0v) is 14.3. The first-order valence-corrected chi connectivity index (χ1v) is 8.09. The molecular weight excluding hydrogens is 322 g/mol. The molecule has 1 aliphatic rings. The molecule has 2 heterocycles. The van der Waals surface area contributed by atoms with Crippen LogP contribution in [-0.4, -0.2) is 53.3 Å². The minimum atomic E-state index is -0.423. The molecule has 0 atom stereocenters. The number of fused-ring (bicyclic) bond motifs is 1. The van der Waals surface area contributed by atoms with Gasteiger partial charge in [0.25, 0.3) is 11.8 Å². The Hall–Kier alpha value is -2.64. The predicted octanol–water partition coefficient (Wildman–Crippen LogP) is 1.25. The summed E-state index contributed by atoms with van der Waals surface area (Å²) < 4.78 is 7.33. The van der Waals surface area contributed by atoms with Crippen LogP contribution in [0.15, 0.2) is 36.0 Å². The van der Waals surface area contributed by atoms with Crippen LogP contribution in [0.4, 0.5) is 5.69 Å². The fourth-order valence-corrected chi connectivity index (χ4v) is 3.03. The van der Waals surface area contributed by atoms with Crippen LogP contribution >= 0.6 is 0 Å². The summed E-state index contributed by atoms with van der Waals surface area (Å²) in [5, 5.41) is 13.0. The smallest absolute Gasteiger partial charge is 0.277 e. The number of rotatable bonds is 7. The van der Waals surface area contributed by atoms with Crippen molar-refractivity contribution in [2.24, 2.45) is 0 Å². The first-order valence-electron chi connectivity index (χ1n) is 8.09. The largest absolute Gasteiger partial charge is 0.395 e. The van der Waals surface area contributed by atoms with Crippen LogP contribution in [0.25, 0.3) is 10.9 Å². The first-order chi connectivity index (χ1) is 12.0. The first kappa shape index (κ1) is 17.2. The lowest BCUT2D eigenvalue weighted by Gasteiger charge is -2.13. The van der Waals surface area contributed by atoms with E-state index in [9.17, 15) is 9.59 Å². The fraction of sp³-hybridized carbons (Fsp3) is 0.333. The lowest BCUT2D eigenvalue weighted by molar-refractivity contribution is -0.137. The Balaban J connectivity index is 1.82. The van der Waals surface area contributed by atoms with Crippen LogP contribution in [0.2, 0.25) is 0 Å². The van der Waals surface area contributed by atoms with Gasteiger partial charge in [0.15, 0.2) is 0 Å². The molecule has 1 aromatic carbocycles. The summed E-state index contributed by atoms with van der Waals surface area (Å²) in [6.45, 7) is 3.19. The van der Waals surface area contributed by atoms with Crippen LogP contribution in [0, 0.1) is 6.92 Å². The number of hydrogen-bond donors (Lipinski definition) is 2. The lowest BCUT2D eigenvalue weighted by Crippen LogP contribution is -2.34. The Kier molecular flexibility index (Phi) is 4.87. The van der Waals surface area contributed by atoms with E-state index in [-0.39, 0.29) is 18.8 Å². The van der Waals surface area contributed by atoms with Gasteiger partial charge in [-0.3, -0.25) is 14.5 Å². The number of imide groups is 1. The van der Waals surface area contributed by atoms with Crippen LogP contribution in [0.5, 0.6) is 0 Å². The average molecular weight is 343 g/mol. The molecule has 0 spiro atoms. The molecule has 3 rings (SSSR count). The highest BCUT2D eigenvalue weighted by Crippen LogP contribution is 2.25. The molecule has 7 nitrogen and oxygen atoms in total. The predicted molar refractivity (Wildman–Crippen MR) is 94.1 cm³/mol. The van der Waals surface area contributed by atoms with Crippen molar-refractivity contribution in [3.05, 3.63) is 41.7 Å². The van der Waals surface area contributed by atoms with Crippen LogP contribution in [0.1, 0.15) is 5.69 Å². The molecule has 132 valence electrons. The number of ether oxygens (including phenoxy) is 1. The topological polar surface area (TPSA) is 83.8 Å². The minimum absolute atomic E-state index is 0.0000729. The zero-order chi connectivity index (χ0) is 18.0. The molecule has 0 unspecified atom stereocenters. The van der Waals surface area contributed by atoms with Crippen molar-refractivity contribution in [1.82, 2.24) is 9.47 Å². The number of carbonyl (C=O) groups is 2. The molecule has 0 radical (unpaired) electrons. The van der Waals surface area contributed by atoms with E-state index < -0.39 is 11.8 Å². The zero-order valence-electron chi connectivity index (χ0n) is 14.3. The minimum Gasteiger partial charge on any atom is -0.395 e. The molecule has 7 heteroatoms. The molecular formula is C18H21N3O4. The third-order valence-electron chi connectivity index (χ3n) is 4.24. The number of aliphatic hydroxyl groups is 1. The van der Waals surface area contributed by atoms with Gasteiger partial charge in [-0.1, -0.05) is 0 Å². The van der Waals surface area contributed by atoms with Gasteiger partial charge in [-0.05, 0) is 31.2 Å². The quantitative estimate of drug-likeness (QED) is 0.740. The number of nitrogens with zero attached hydrogens (tertiary/aromatic N) is 2. The number of aliphatic hydroxyl groups excluding tert-OH is 1. The maximum absolute atomic E-state index is 12.2. The Morgan fingerprint density at radius 2 is 2.00 bits per heavy atom. The third-order valence-corrected chi connectivity index (χ3v) is 4.24. The highest BCUT2D eigenvalue weighted by molar-refractivity contribution is 6.17. The van der Waals surface area contributed by atoms with Crippen molar-refractivity contribution in [2.45, 2.75) is 13.5 Å². The third kappa shape index (κ3) is 3.29. The number of aryl methyl sites for hydroxylation is 1. The van der Waals surface area contributed by atoms with Crippen molar-refractivity contribution >= 4 is 28.4 Å². The molecule has 2 aromatic rings. The van der Waals surface area contributed by atoms with Gasteiger partial charge in [0, 0.05) is 42.0 Å².